The van der Waals surface area contributed by atoms with Gasteiger partial charge in [-0.05, 0) is 44.5 Å². The Morgan fingerprint density at radius 3 is 2.59 bits per heavy atom. The maximum atomic E-state index is 13.2. The van der Waals surface area contributed by atoms with Crippen molar-refractivity contribution in [3.63, 3.8) is 0 Å². The van der Waals surface area contributed by atoms with E-state index < -0.39 is 6.04 Å². The van der Waals surface area contributed by atoms with Crippen LogP contribution in [0.2, 0.25) is 5.02 Å². The zero-order chi connectivity index (χ0) is 26.3. The first-order valence-corrected chi connectivity index (χ1v) is 13.3. The normalized spacial score (nSPS) is 21.5. The van der Waals surface area contributed by atoms with E-state index in [1.165, 1.54) is 11.3 Å². The van der Waals surface area contributed by atoms with Gasteiger partial charge in [-0.3, -0.25) is 19.3 Å². The van der Waals surface area contributed by atoms with Gasteiger partial charge in [0.2, 0.25) is 5.91 Å². The van der Waals surface area contributed by atoms with Crippen molar-refractivity contribution in [2.75, 3.05) is 21.1 Å². The molecule has 3 heterocycles. The Balaban J connectivity index is 1.33. The molecule has 3 aromatic rings. The number of nitrogens with one attached hydrogen (secondary N) is 2. The fourth-order valence-corrected chi connectivity index (χ4v) is 6.19. The molecular formula is C25H28ClN7O3S. The van der Waals surface area contributed by atoms with Crippen LogP contribution in [0.15, 0.2) is 24.3 Å². The highest BCUT2D eigenvalue weighted by Gasteiger charge is 2.37. The summed E-state index contributed by atoms with van der Waals surface area (Å²) < 4.78 is 0. The van der Waals surface area contributed by atoms with Crippen LogP contribution in [0.3, 0.4) is 0 Å². The molecule has 1 aromatic carbocycles. The van der Waals surface area contributed by atoms with Gasteiger partial charge in [0.05, 0.1) is 17.3 Å². The van der Waals surface area contributed by atoms with Crippen molar-refractivity contribution in [1.29, 1.82) is 0 Å². The minimum Gasteiger partial charge on any atom is -0.349 e. The Morgan fingerprint density at radius 1 is 1.05 bits per heavy atom. The van der Waals surface area contributed by atoms with Crippen LogP contribution in [0.25, 0.3) is 10.9 Å². The number of hydrogen-bond donors (Lipinski definition) is 2. The monoisotopic (exact) mass is 541 g/mol. The summed E-state index contributed by atoms with van der Waals surface area (Å²) in [5.74, 6) is -0.901. The molecule has 3 amide bonds. The summed E-state index contributed by atoms with van der Waals surface area (Å²) in [5.41, 5.74) is 1.70. The van der Waals surface area contributed by atoms with Gasteiger partial charge in [-0.25, -0.2) is 4.98 Å². The molecule has 0 bridgehead atoms. The van der Waals surface area contributed by atoms with Gasteiger partial charge in [-0.1, -0.05) is 17.7 Å². The van der Waals surface area contributed by atoms with Gasteiger partial charge in [0, 0.05) is 54.4 Å². The van der Waals surface area contributed by atoms with Crippen LogP contribution in [0.4, 0.5) is 0 Å². The van der Waals surface area contributed by atoms with Gasteiger partial charge in [0.1, 0.15) is 0 Å². The number of halogens is 1. The first-order chi connectivity index (χ1) is 17.7. The van der Waals surface area contributed by atoms with E-state index in [2.05, 4.69) is 30.7 Å². The van der Waals surface area contributed by atoms with Gasteiger partial charge in [-0.15, -0.1) is 21.5 Å². The summed E-state index contributed by atoms with van der Waals surface area (Å²) in [6.07, 6.45) is 1.56. The molecule has 0 radical (unpaired) electrons. The Labute approximate surface area is 223 Å². The molecule has 10 nitrogen and oxygen atoms in total. The summed E-state index contributed by atoms with van der Waals surface area (Å²) in [6, 6.07) is 6.06. The van der Waals surface area contributed by atoms with Crippen LogP contribution in [-0.4, -0.2) is 75.9 Å². The lowest BCUT2D eigenvalue weighted by molar-refractivity contribution is -0.134. The van der Waals surface area contributed by atoms with Crippen LogP contribution in [0.5, 0.6) is 0 Å². The summed E-state index contributed by atoms with van der Waals surface area (Å²) in [5, 5.41) is 16.0. The van der Waals surface area contributed by atoms with Gasteiger partial charge in [-0.2, -0.15) is 0 Å². The molecule has 1 aliphatic carbocycles. The van der Waals surface area contributed by atoms with E-state index in [1.807, 2.05) is 7.05 Å². The Bertz CT molecular complexity index is 1350. The molecule has 0 saturated heterocycles. The van der Waals surface area contributed by atoms with E-state index in [1.54, 1.807) is 43.3 Å². The Hall–Kier alpha value is -3.15. The fraction of sp³-hybridized carbons (Fsp3) is 0.440. The highest BCUT2D eigenvalue weighted by atomic mass is 35.5. The first kappa shape index (κ1) is 25.5. The highest BCUT2D eigenvalue weighted by Crippen LogP contribution is 2.29. The van der Waals surface area contributed by atoms with E-state index in [-0.39, 0.29) is 35.4 Å². The average molecular weight is 542 g/mol. The summed E-state index contributed by atoms with van der Waals surface area (Å²) in [6.45, 7) is 1.50. The van der Waals surface area contributed by atoms with Crippen LogP contribution in [-0.2, 0) is 17.9 Å². The Morgan fingerprint density at radius 2 is 1.84 bits per heavy atom. The molecule has 5 rings (SSSR count). The number of hydrogen-bond acceptors (Lipinski definition) is 8. The van der Waals surface area contributed by atoms with Crippen molar-refractivity contribution in [2.45, 2.75) is 44.4 Å². The third kappa shape index (κ3) is 5.43. The molecule has 37 heavy (non-hydrogen) atoms. The highest BCUT2D eigenvalue weighted by molar-refractivity contribution is 7.13. The number of aromatic nitrogens is 3. The predicted octanol–water partition coefficient (Wildman–Crippen LogP) is 2.47. The molecule has 1 fully saturated rings. The van der Waals surface area contributed by atoms with Gasteiger partial charge >= 0.3 is 0 Å². The maximum Gasteiger partial charge on any atom is 0.280 e. The lowest BCUT2D eigenvalue weighted by atomic mass is 9.81. The molecule has 2 aliphatic rings. The second-order valence-electron chi connectivity index (χ2n) is 9.90. The molecule has 0 spiro atoms. The Kier molecular flexibility index (Phi) is 7.11. The number of thiazole rings is 1. The number of fused-ring (bicyclic) bond motifs is 2. The van der Waals surface area contributed by atoms with Gasteiger partial charge < -0.3 is 15.5 Å². The quantitative estimate of drug-likeness (QED) is 0.509. The smallest absolute Gasteiger partial charge is 0.280 e. The third-order valence-corrected chi connectivity index (χ3v) is 8.18. The van der Waals surface area contributed by atoms with E-state index in [0.29, 0.717) is 34.8 Å². The molecule has 194 valence electrons. The van der Waals surface area contributed by atoms with Crippen LogP contribution in [0, 0.1) is 5.92 Å². The minimum absolute atomic E-state index is 0.0133. The van der Waals surface area contributed by atoms with E-state index in [0.717, 1.165) is 29.0 Å². The number of benzene rings is 1. The molecule has 2 aromatic heterocycles. The predicted molar refractivity (Wildman–Crippen MR) is 140 cm³/mol. The third-order valence-electron chi connectivity index (χ3n) is 6.86. The summed E-state index contributed by atoms with van der Waals surface area (Å²) in [7, 11) is 5.47. The standard InChI is InChI=1S/C25H28ClN7O3S/c1-32(2)25(36)14-5-7-16(27-22(34)19-8-13-4-6-15(26)10-17(13)30-31-19)18(9-14)28-23(35)24-29-20-11-33(3)12-21(20)37-24/h4,6,8,10,14,16,18H,5,7,9,11-12H2,1-3H3,(H,27,34)(H,28,35)/t14-,16-,18-/m0/s1. The lowest BCUT2D eigenvalue weighted by Gasteiger charge is -2.37. The molecule has 1 aliphatic heterocycles. The second-order valence-corrected chi connectivity index (χ2v) is 11.4. The topological polar surface area (TPSA) is 120 Å². The number of carbonyl (C=O) groups is 3. The van der Waals surface area contributed by atoms with Crippen molar-refractivity contribution in [3.05, 3.63) is 50.6 Å². The van der Waals surface area contributed by atoms with Crippen molar-refractivity contribution >= 4 is 51.6 Å². The van der Waals surface area contributed by atoms with E-state index >= 15 is 0 Å². The van der Waals surface area contributed by atoms with Crippen LogP contribution in [0.1, 0.15) is 50.1 Å². The van der Waals surface area contributed by atoms with Gasteiger partial charge in [0.25, 0.3) is 11.8 Å². The molecule has 3 atom stereocenters. The van der Waals surface area contributed by atoms with Crippen molar-refractivity contribution in [3.8, 4) is 0 Å². The van der Waals surface area contributed by atoms with E-state index in [4.69, 9.17) is 11.6 Å². The lowest BCUT2D eigenvalue weighted by Crippen LogP contribution is -2.56. The number of amides is 3. The zero-order valence-corrected chi connectivity index (χ0v) is 22.4. The van der Waals surface area contributed by atoms with E-state index in [9.17, 15) is 14.4 Å². The fourth-order valence-electron chi connectivity index (χ4n) is 4.97. The van der Waals surface area contributed by atoms with Crippen molar-refractivity contribution < 1.29 is 14.4 Å². The number of rotatable bonds is 5. The maximum absolute atomic E-state index is 13.2. The van der Waals surface area contributed by atoms with Crippen LogP contribution < -0.4 is 10.6 Å². The largest absolute Gasteiger partial charge is 0.349 e. The first-order valence-electron chi connectivity index (χ1n) is 12.1. The van der Waals surface area contributed by atoms with Gasteiger partial charge in [0.15, 0.2) is 10.7 Å². The second kappa shape index (κ2) is 10.3. The van der Waals surface area contributed by atoms with Crippen molar-refractivity contribution in [2.24, 2.45) is 5.92 Å². The zero-order valence-electron chi connectivity index (χ0n) is 20.8. The van der Waals surface area contributed by atoms with Crippen molar-refractivity contribution in [1.82, 2.24) is 35.6 Å². The molecular weight excluding hydrogens is 514 g/mol. The summed E-state index contributed by atoms with van der Waals surface area (Å²) >= 11 is 7.41. The molecule has 12 heteroatoms. The summed E-state index contributed by atoms with van der Waals surface area (Å²) in [4.78, 5) is 48.3. The molecule has 0 unspecified atom stereocenters. The molecule has 2 N–H and O–H groups in total. The van der Waals surface area contributed by atoms with Crippen LogP contribution >= 0.6 is 22.9 Å². The number of nitrogens with zero attached hydrogens (tertiary/aromatic N) is 5. The minimum atomic E-state index is -0.437. The average Bonchev–Trinajstić information content (AvgIpc) is 3.41. The number of carbonyl (C=O) groups excluding carboxylic acids is 3. The molecule has 1 saturated carbocycles. The SMILES string of the molecule is CN1Cc2nc(C(=O)N[C@H]3C[C@@H](C(=O)N(C)C)CC[C@@H]3NC(=O)c3cc4ccc(Cl)cc4nn3)sc2C1.